The van der Waals surface area contributed by atoms with Gasteiger partial charge in [-0.3, -0.25) is 4.79 Å². The number of rotatable bonds is 5. The molecule has 0 spiro atoms. The summed E-state index contributed by atoms with van der Waals surface area (Å²) in [4.78, 5) is 11.5. The van der Waals surface area contributed by atoms with Gasteiger partial charge >= 0.3 is 0 Å². The second-order valence-electron chi connectivity index (χ2n) is 4.08. The second kappa shape index (κ2) is 6.51. The van der Waals surface area contributed by atoms with Crippen molar-refractivity contribution in [1.29, 1.82) is 0 Å². The Kier molecular flexibility index (Phi) is 5.29. The van der Waals surface area contributed by atoms with Gasteiger partial charge in [-0.15, -0.1) is 0 Å². The van der Waals surface area contributed by atoms with E-state index in [1.54, 1.807) is 5.32 Å². The van der Waals surface area contributed by atoms with Crippen molar-refractivity contribution < 1.29 is 22.4 Å². The van der Waals surface area contributed by atoms with Crippen LogP contribution in [0, 0.1) is 23.3 Å². The standard InChI is InChI=1S/C12H14F4N2O/c1-2-3-4-8(17)12(19)18-11-9(15)6(13)5-7(14)10(11)16/h5,8H,2-4,17H2,1H3,(H,18,19)/t8-/m0/s1. The van der Waals surface area contributed by atoms with E-state index in [0.29, 0.717) is 12.8 Å². The van der Waals surface area contributed by atoms with Gasteiger partial charge in [0.1, 0.15) is 5.69 Å². The summed E-state index contributed by atoms with van der Waals surface area (Å²) >= 11 is 0. The third kappa shape index (κ3) is 3.66. The van der Waals surface area contributed by atoms with E-state index in [-0.39, 0.29) is 6.07 Å². The van der Waals surface area contributed by atoms with Crippen molar-refractivity contribution in [2.24, 2.45) is 5.73 Å². The van der Waals surface area contributed by atoms with Crippen LogP contribution in [0.15, 0.2) is 6.07 Å². The zero-order chi connectivity index (χ0) is 14.6. The zero-order valence-electron chi connectivity index (χ0n) is 10.3. The molecule has 0 fully saturated rings. The fourth-order valence-electron chi connectivity index (χ4n) is 1.45. The lowest BCUT2D eigenvalue weighted by molar-refractivity contribution is -0.117. The monoisotopic (exact) mass is 278 g/mol. The van der Waals surface area contributed by atoms with Crippen LogP contribution in [0.1, 0.15) is 26.2 Å². The molecule has 3 N–H and O–H groups in total. The van der Waals surface area contributed by atoms with Crippen LogP contribution in [0.5, 0.6) is 0 Å². The molecule has 0 saturated carbocycles. The molecule has 1 rings (SSSR count). The van der Waals surface area contributed by atoms with Crippen molar-refractivity contribution in [1.82, 2.24) is 0 Å². The van der Waals surface area contributed by atoms with Crippen LogP contribution < -0.4 is 11.1 Å². The quantitative estimate of drug-likeness (QED) is 0.642. The molecule has 0 unspecified atom stereocenters. The van der Waals surface area contributed by atoms with Crippen LogP contribution in [0.2, 0.25) is 0 Å². The van der Waals surface area contributed by atoms with Crippen molar-refractivity contribution in [3.63, 3.8) is 0 Å². The first kappa shape index (κ1) is 15.4. The van der Waals surface area contributed by atoms with E-state index in [2.05, 4.69) is 0 Å². The molecule has 1 amide bonds. The van der Waals surface area contributed by atoms with Gasteiger partial charge in [0.05, 0.1) is 6.04 Å². The number of hydrogen-bond donors (Lipinski definition) is 2. The van der Waals surface area contributed by atoms with E-state index in [1.165, 1.54) is 0 Å². The van der Waals surface area contributed by atoms with Crippen molar-refractivity contribution in [3.05, 3.63) is 29.3 Å². The summed E-state index contributed by atoms with van der Waals surface area (Å²) in [6.45, 7) is 1.88. The van der Waals surface area contributed by atoms with Crippen LogP contribution in [-0.4, -0.2) is 11.9 Å². The minimum absolute atomic E-state index is 0.0668. The van der Waals surface area contributed by atoms with Crippen LogP contribution >= 0.6 is 0 Å². The predicted octanol–water partition coefficient (Wildman–Crippen LogP) is 2.70. The summed E-state index contributed by atoms with van der Waals surface area (Å²) in [5.41, 5.74) is 4.33. The molecule has 0 aliphatic rings. The van der Waals surface area contributed by atoms with E-state index >= 15 is 0 Å². The molecular weight excluding hydrogens is 264 g/mol. The fourth-order valence-corrected chi connectivity index (χ4v) is 1.45. The number of nitrogens with one attached hydrogen (secondary N) is 1. The lowest BCUT2D eigenvalue weighted by Crippen LogP contribution is -2.36. The number of carbonyl (C=O) groups excluding carboxylic acids is 1. The van der Waals surface area contributed by atoms with Gasteiger partial charge in [-0.2, -0.15) is 0 Å². The van der Waals surface area contributed by atoms with E-state index in [4.69, 9.17) is 5.73 Å². The zero-order valence-corrected chi connectivity index (χ0v) is 10.3. The highest BCUT2D eigenvalue weighted by molar-refractivity contribution is 5.94. The number of benzene rings is 1. The average Bonchev–Trinajstić information content (AvgIpc) is 2.38. The maximum Gasteiger partial charge on any atom is 0.241 e. The molecule has 106 valence electrons. The highest BCUT2D eigenvalue weighted by Crippen LogP contribution is 2.24. The van der Waals surface area contributed by atoms with Crippen molar-refractivity contribution in [2.75, 3.05) is 5.32 Å². The van der Waals surface area contributed by atoms with Gasteiger partial charge in [-0.05, 0) is 6.42 Å². The summed E-state index contributed by atoms with van der Waals surface area (Å²) in [6, 6.07) is -0.928. The summed E-state index contributed by atoms with van der Waals surface area (Å²) in [5.74, 6) is -7.38. The van der Waals surface area contributed by atoms with Crippen LogP contribution in [0.3, 0.4) is 0 Å². The Bertz CT molecular complexity index is 453. The predicted molar refractivity (Wildman–Crippen MR) is 62.4 cm³/mol. The molecule has 0 bridgehead atoms. The molecule has 1 aromatic rings. The van der Waals surface area contributed by atoms with Crippen molar-refractivity contribution in [3.8, 4) is 0 Å². The summed E-state index contributed by atoms with van der Waals surface area (Å²) in [7, 11) is 0. The van der Waals surface area contributed by atoms with E-state index in [0.717, 1.165) is 6.42 Å². The average molecular weight is 278 g/mol. The number of hydrogen-bond acceptors (Lipinski definition) is 2. The molecule has 0 aliphatic carbocycles. The first-order valence-corrected chi connectivity index (χ1v) is 5.77. The molecule has 19 heavy (non-hydrogen) atoms. The Morgan fingerprint density at radius 3 is 2.26 bits per heavy atom. The van der Waals surface area contributed by atoms with Crippen molar-refractivity contribution >= 4 is 11.6 Å². The number of anilines is 1. The highest BCUT2D eigenvalue weighted by atomic mass is 19.2. The molecule has 0 heterocycles. The number of amides is 1. The third-order valence-electron chi connectivity index (χ3n) is 2.57. The summed E-state index contributed by atoms with van der Waals surface area (Å²) < 4.78 is 52.4. The molecule has 7 heteroatoms. The molecule has 0 saturated heterocycles. The molecule has 3 nitrogen and oxygen atoms in total. The topological polar surface area (TPSA) is 55.1 Å². The van der Waals surface area contributed by atoms with E-state index in [1.807, 2.05) is 6.92 Å². The lowest BCUT2D eigenvalue weighted by atomic mass is 10.1. The maximum atomic E-state index is 13.3. The molecule has 1 aromatic carbocycles. The van der Waals surface area contributed by atoms with E-state index in [9.17, 15) is 22.4 Å². The summed E-state index contributed by atoms with van der Waals surface area (Å²) in [5, 5.41) is 1.77. The van der Waals surface area contributed by atoms with Crippen molar-refractivity contribution in [2.45, 2.75) is 32.2 Å². The minimum Gasteiger partial charge on any atom is -0.320 e. The van der Waals surface area contributed by atoms with Gasteiger partial charge in [-0.1, -0.05) is 19.8 Å². The van der Waals surface area contributed by atoms with E-state index < -0.39 is 40.9 Å². The number of carbonyl (C=O) groups is 1. The van der Waals surface area contributed by atoms with Crippen LogP contribution in [0.25, 0.3) is 0 Å². The Morgan fingerprint density at radius 2 is 1.79 bits per heavy atom. The number of nitrogens with two attached hydrogens (primary N) is 1. The fraction of sp³-hybridized carbons (Fsp3) is 0.417. The Hall–Kier alpha value is -1.63. The van der Waals surface area contributed by atoms with Crippen LogP contribution in [-0.2, 0) is 4.79 Å². The molecule has 1 atom stereocenters. The molecule has 0 radical (unpaired) electrons. The van der Waals surface area contributed by atoms with Gasteiger partial charge in [0.25, 0.3) is 0 Å². The number of halogens is 4. The van der Waals surface area contributed by atoms with Gasteiger partial charge in [-0.25, -0.2) is 17.6 Å². The Labute approximate surface area is 107 Å². The van der Waals surface area contributed by atoms with Gasteiger partial charge in [0, 0.05) is 6.07 Å². The number of unbranched alkanes of at least 4 members (excludes halogenated alkanes) is 1. The third-order valence-corrected chi connectivity index (χ3v) is 2.57. The second-order valence-corrected chi connectivity index (χ2v) is 4.08. The van der Waals surface area contributed by atoms with Crippen LogP contribution in [0.4, 0.5) is 23.2 Å². The normalized spacial score (nSPS) is 12.3. The van der Waals surface area contributed by atoms with Gasteiger partial charge < -0.3 is 11.1 Å². The lowest BCUT2D eigenvalue weighted by Gasteiger charge is -2.13. The summed E-state index contributed by atoms with van der Waals surface area (Å²) in [6.07, 6.45) is 1.75. The van der Waals surface area contributed by atoms with Gasteiger partial charge in [0.2, 0.25) is 5.91 Å². The minimum atomic E-state index is -1.66. The molecule has 0 aliphatic heterocycles. The SMILES string of the molecule is CCCC[C@H](N)C(=O)Nc1c(F)c(F)cc(F)c1F. The van der Waals surface area contributed by atoms with Gasteiger partial charge in [0.15, 0.2) is 23.3 Å². The molecule has 0 aromatic heterocycles. The first-order chi connectivity index (χ1) is 8.88. The Balaban J connectivity index is 2.91. The first-order valence-electron chi connectivity index (χ1n) is 5.77. The Morgan fingerprint density at radius 1 is 1.26 bits per heavy atom. The highest BCUT2D eigenvalue weighted by Gasteiger charge is 2.22. The largest absolute Gasteiger partial charge is 0.320 e. The smallest absolute Gasteiger partial charge is 0.241 e. The molecular formula is C12H14F4N2O. The maximum absolute atomic E-state index is 13.3.